The van der Waals surface area contributed by atoms with E-state index in [1.54, 1.807) is 0 Å². The molecule has 56 valence electrons. The van der Waals surface area contributed by atoms with Crippen molar-refractivity contribution in [2.75, 3.05) is 0 Å². The number of hydrogen-bond donors (Lipinski definition) is 0. The van der Waals surface area contributed by atoms with E-state index in [1.807, 2.05) is 13.8 Å². The second kappa shape index (κ2) is 5.04. The summed E-state index contributed by atoms with van der Waals surface area (Å²) < 4.78 is 0. The lowest BCUT2D eigenvalue weighted by Gasteiger charge is -1.94. The lowest BCUT2D eigenvalue weighted by atomic mass is 10.1. The van der Waals surface area contributed by atoms with Crippen molar-refractivity contribution in [1.29, 1.82) is 0 Å². The molecule has 0 atom stereocenters. The van der Waals surface area contributed by atoms with Crippen molar-refractivity contribution >= 4 is 0 Å². The van der Waals surface area contributed by atoms with Crippen molar-refractivity contribution in [2.45, 2.75) is 27.7 Å². The Hall–Kier alpha value is -0.780. The predicted octanol–water partition coefficient (Wildman–Crippen LogP) is 3.48. The highest BCUT2D eigenvalue weighted by Crippen LogP contribution is 2.05. The Bertz CT molecular complexity index is 148. The van der Waals surface area contributed by atoms with Gasteiger partial charge in [0, 0.05) is 0 Å². The number of rotatable bonds is 2. The normalized spacial score (nSPS) is 14.8. The molecule has 0 saturated carbocycles. The Morgan fingerprint density at radius 1 is 0.800 bits per heavy atom. The first-order chi connectivity index (χ1) is 4.72. The SMILES string of the molecule is CC=CC(C)=C(C)C=CC. The van der Waals surface area contributed by atoms with E-state index in [2.05, 4.69) is 38.2 Å². The first-order valence-corrected chi connectivity index (χ1v) is 3.65. The van der Waals surface area contributed by atoms with Crippen molar-refractivity contribution in [1.82, 2.24) is 0 Å². The summed E-state index contributed by atoms with van der Waals surface area (Å²) in [5, 5.41) is 0. The third-order valence-corrected chi connectivity index (χ3v) is 1.46. The Kier molecular flexibility index (Phi) is 4.65. The van der Waals surface area contributed by atoms with Gasteiger partial charge < -0.3 is 0 Å². The molecule has 0 amide bonds. The van der Waals surface area contributed by atoms with Gasteiger partial charge in [0.05, 0.1) is 0 Å². The molecule has 0 saturated heterocycles. The molecule has 0 N–H and O–H groups in total. The summed E-state index contributed by atoms with van der Waals surface area (Å²) in [5.41, 5.74) is 2.67. The van der Waals surface area contributed by atoms with Gasteiger partial charge in [-0.3, -0.25) is 0 Å². The molecule has 0 radical (unpaired) electrons. The van der Waals surface area contributed by atoms with Crippen LogP contribution in [0.1, 0.15) is 27.7 Å². The second-order valence-electron chi connectivity index (χ2n) is 2.37. The molecule has 0 fully saturated rings. The molecule has 0 bridgehead atoms. The minimum Gasteiger partial charge on any atom is -0.0874 e. The Morgan fingerprint density at radius 2 is 1.10 bits per heavy atom. The van der Waals surface area contributed by atoms with Crippen molar-refractivity contribution in [3.8, 4) is 0 Å². The molecule has 0 aliphatic carbocycles. The van der Waals surface area contributed by atoms with Crippen LogP contribution in [0.5, 0.6) is 0 Å². The molecule has 0 aromatic heterocycles. The van der Waals surface area contributed by atoms with Gasteiger partial charge in [-0.15, -0.1) is 0 Å². The van der Waals surface area contributed by atoms with Crippen LogP contribution < -0.4 is 0 Å². The summed E-state index contributed by atoms with van der Waals surface area (Å²) in [4.78, 5) is 0. The van der Waals surface area contributed by atoms with Crippen molar-refractivity contribution in [3.63, 3.8) is 0 Å². The van der Waals surface area contributed by atoms with Crippen LogP contribution in [0.25, 0.3) is 0 Å². The molecule has 0 aromatic carbocycles. The maximum atomic E-state index is 2.12. The quantitative estimate of drug-likeness (QED) is 0.510. The van der Waals surface area contributed by atoms with Crippen LogP contribution in [-0.2, 0) is 0 Å². The zero-order chi connectivity index (χ0) is 7.98. The van der Waals surface area contributed by atoms with E-state index in [9.17, 15) is 0 Å². The van der Waals surface area contributed by atoms with Gasteiger partial charge >= 0.3 is 0 Å². The fourth-order valence-electron chi connectivity index (χ4n) is 0.763. The molecular formula is C10H16. The van der Waals surface area contributed by atoms with Gasteiger partial charge in [0.2, 0.25) is 0 Å². The van der Waals surface area contributed by atoms with Crippen LogP contribution in [0.15, 0.2) is 35.5 Å². The van der Waals surface area contributed by atoms with Crippen molar-refractivity contribution in [3.05, 3.63) is 35.5 Å². The maximum Gasteiger partial charge on any atom is -0.0395 e. The van der Waals surface area contributed by atoms with Gasteiger partial charge in [-0.2, -0.15) is 0 Å². The minimum atomic E-state index is 1.33. The highest BCUT2D eigenvalue weighted by Gasteiger charge is 1.84. The molecule has 0 aliphatic rings. The highest BCUT2D eigenvalue weighted by atomic mass is 13.9. The fourth-order valence-corrected chi connectivity index (χ4v) is 0.763. The third-order valence-electron chi connectivity index (χ3n) is 1.46. The van der Waals surface area contributed by atoms with E-state index in [1.165, 1.54) is 11.1 Å². The summed E-state index contributed by atoms with van der Waals surface area (Å²) in [5.74, 6) is 0. The standard InChI is InChI=1S/C10H16/c1-5-7-9(3)10(4)8-6-2/h5-8H,1-4H3. The van der Waals surface area contributed by atoms with E-state index in [-0.39, 0.29) is 0 Å². The first-order valence-electron chi connectivity index (χ1n) is 3.65. The van der Waals surface area contributed by atoms with Gasteiger partial charge in [0.1, 0.15) is 0 Å². The summed E-state index contributed by atoms with van der Waals surface area (Å²) in [6.07, 6.45) is 8.36. The third kappa shape index (κ3) is 3.29. The molecule has 0 heterocycles. The molecule has 10 heavy (non-hydrogen) atoms. The average Bonchev–Trinajstić information content (AvgIpc) is 1.89. The molecule has 0 heteroatoms. The zero-order valence-electron chi connectivity index (χ0n) is 7.31. The van der Waals surface area contributed by atoms with Gasteiger partial charge in [-0.1, -0.05) is 24.3 Å². The monoisotopic (exact) mass is 136 g/mol. The van der Waals surface area contributed by atoms with E-state index in [4.69, 9.17) is 0 Å². The molecule has 0 rings (SSSR count). The van der Waals surface area contributed by atoms with Crippen molar-refractivity contribution in [2.24, 2.45) is 0 Å². The van der Waals surface area contributed by atoms with E-state index in [0.29, 0.717) is 0 Å². The van der Waals surface area contributed by atoms with E-state index in [0.717, 1.165) is 0 Å². The van der Waals surface area contributed by atoms with Crippen LogP contribution in [0, 0.1) is 0 Å². The van der Waals surface area contributed by atoms with Gasteiger partial charge in [0.25, 0.3) is 0 Å². The number of hydrogen-bond acceptors (Lipinski definition) is 0. The fraction of sp³-hybridized carbons (Fsp3) is 0.400. The number of allylic oxidation sites excluding steroid dienone is 6. The second-order valence-corrected chi connectivity index (χ2v) is 2.37. The van der Waals surface area contributed by atoms with Crippen LogP contribution in [0.4, 0.5) is 0 Å². The van der Waals surface area contributed by atoms with Crippen LogP contribution in [-0.4, -0.2) is 0 Å². The Labute approximate surface area is 64.0 Å². The van der Waals surface area contributed by atoms with Crippen molar-refractivity contribution < 1.29 is 0 Å². The Balaban J connectivity index is 4.33. The van der Waals surface area contributed by atoms with Gasteiger partial charge in [0.15, 0.2) is 0 Å². The zero-order valence-corrected chi connectivity index (χ0v) is 7.31. The Morgan fingerprint density at radius 3 is 1.30 bits per heavy atom. The van der Waals surface area contributed by atoms with E-state index >= 15 is 0 Å². The molecule has 0 unspecified atom stereocenters. The molecule has 0 spiro atoms. The topological polar surface area (TPSA) is 0 Å². The molecule has 0 aromatic rings. The summed E-state index contributed by atoms with van der Waals surface area (Å²) in [6, 6.07) is 0. The summed E-state index contributed by atoms with van der Waals surface area (Å²) in [7, 11) is 0. The van der Waals surface area contributed by atoms with Gasteiger partial charge in [-0.05, 0) is 38.8 Å². The summed E-state index contributed by atoms with van der Waals surface area (Å²) in [6.45, 7) is 8.31. The van der Waals surface area contributed by atoms with Gasteiger partial charge in [-0.25, -0.2) is 0 Å². The lowest BCUT2D eigenvalue weighted by Crippen LogP contribution is -1.74. The lowest BCUT2D eigenvalue weighted by molar-refractivity contribution is 1.36. The van der Waals surface area contributed by atoms with E-state index < -0.39 is 0 Å². The highest BCUT2D eigenvalue weighted by molar-refractivity contribution is 5.29. The smallest absolute Gasteiger partial charge is 0.0395 e. The maximum absolute atomic E-state index is 2.12. The van der Waals surface area contributed by atoms with Crippen LogP contribution in [0.3, 0.4) is 0 Å². The summed E-state index contributed by atoms with van der Waals surface area (Å²) >= 11 is 0. The van der Waals surface area contributed by atoms with Crippen LogP contribution >= 0.6 is 0 Å². The largest absolute Gasteiger partial charge is 0.0874 e. The molecule has 0 aliphatic heterocycles. The molecular weight excluding hydrogens is 120 g/mol. The minimum absolute atomic E-state index is 1.33. The first kappa shape index (κ1) is 9.22. The predicted molar refractivity (Wildman–Crippen MR) is 48.0 cm³/mol. The van der Waals surface area contributed by atoms with Crippen LogP contribution in [0.2, 0.25) is 0 Å². The average molecular weight is 136 g/mol. The molecule has 0 nitrogen and oxygen atoms in total.